The summed E-state index contributed by atoms with van der Waals surface area (Å²) >= 11 is 0. The van der Waals surface area contributed by atoms with Crippen LogP contribution in [0.5, 0.6) is 5.75 Å². The first-order valence-corrected chi connectivity index (χ1v) is 16.0. The number of hydrogen-bond donors (Lipinski definition) is 6. The van der Waals surface area contributed by atoms with Gasteiger partial charge in [-0.15, -0.1) is 4.52 Å². The Bertz CT molecular complexity index is 1380. The van der Waals surface area contributed by atoms with Gasteiger partial charge < -0.3 is 35.4 Å². The molecule has 0 saturated carbocycles. The van der Waals surface area contributed by atoms with E-state index in [1.54, 1.807) is 51.2 Å². The molecule has 2 aliphatic heterocycles. The Kier molecular flexibility index (Phi) is 13.7. The van der Waals surface area contributed by atoms with Gasteiger partial charge in [0.25, 0.3) is 0 Å². The Labute approximate surface area is 265 Å². The van der Waals surface area contributed by atoms with E-state index >= 15 is 0 Å². The molecule has 0 bridgehead atoms. The summed E-state index contributed by atoms with van der Waals surface area (Å²) in [6.07, 6.45) is 2.91. The third-order valence-electron chi connectivity index (χ3n) is 6.32. The van der Waals surface area contributed by atoms with Crippen molar-refractivity contribution in [1.29, 1.82) is 0 Å². The first-order valence-electron chi connectivity index (χ1n) is 14.8. The summed E-state index contributed by atoms with van der Waals surface area (Å²) in [6.45, 7) is 8.55. The van der Waals surface area contributed by atoms with E-state index in [0.717, 1.165) is 41.2 Å². The summed E-state index contributed by atoms with van der Waals surface area (Å²) in [6, 6.07) is 18.0. The lowest BCUT2D eigenvalue weighted by Gasteiger charge is -2.18. The Balaban J connectivity index is 0.000000386. The molecule has 3 heterocycles. The molecule has 13 heteroatoms. The summed E-state index contributed by atoms with van der Waals surface area (Å²) in [5, 5.41) is 34.3. The van der Waals surface area contributed by atoms with E-state index in [1.165, 1.54) is 13.8 Å². The number of aromatic nitrogens is 1. The van der Waals surface area contributed by atoms with Crippen molar-refractivity contribution >= 4 is 31.3 Å². The normalized spacial score (nSPS) is 17.8. The summed E-state index contributed by atoms with van der Waals surface area (Å²) in [5.41, 5.74) is 4.18. The van der Waals surface area contributed by atoms with Crippen molar-refractivity contribution in [3.8, 4) is 5.75 Å². The van der Waals surface area contributed by atoms with Crippen LogP contribution in [-0.2, 0) is 29.9 Å². The van der Waals surface area contributed by atoms with Gasteiger partial charge in [-0.2, -0.15) is 0 Å². The highest BCUT2D eigenvalue weighted by Crippen LogP contribution is 2.39. The number of para-hydroxylation sites is 3. The third kappa shape index (κ3) is 12.7. The van der Waals surface area contributed by atoms with E-state index in [-0.39, 0.29) is 24.9 Å². The quantitative estimate of drug-likeness (QED) is 0.101. The number of fused-ring (bicyclic) bond motifs is 2. The standard InChI is InChI=1S/C23H30N4O5P.C6H6O.C3H8O2/c1-14(2)31-23(28)15(3)27-33(29)30-13-16-8-9-21(32-16)17-10-11-24-22-18(17)12-25-19-6-4-5-7-20(19)26-22;7-6-4-2-1-3-5-6;1-3(2,4)5/h4-7,10-11,14-16,21,25H,8-9,12-13H2,1-3H3,(H,24,26)(H,27,29);1-5,7H;4-5H,1-2H3/q+1;;/t15-,16?,21?;;/m1../s1. The zero-order chi connectivity index (χ0) is 33.0. The minimum absolute atomic E-state index is 0.0917. The molecule has 3 aromatic rings. The second-order valence-corrected chi connectivity index (χ2v) is 12.3. The largest absolute Gasteiger partial charge is 0.613 e. The van der Waals surface area contributed by atoms with Gasteiger partial charge >= 0.3 is 14.1 Å². The molecule has 1 saturated heterocycles. The van der Waals surface area contributed by atoms with Crippen LogP contribution in [0.2, 0.25) is 0 Å². The number of pyridine rings is 1. The summed E-state index contributed by atoms with van der Waals surface area (Å²) in [4.78, 5) is 16.4. The monoisotopic (exact) mass is 643 g/mol. The molecule has 6 N–H and O–H groups in total. The number of aliphatic hydroxyl groups is 2. The van der Waals surface area contributed by atoms with Gasteiger partial charge in [-0.3, -0.25) is 4.79 Å². The van der Waals surface area contributed by atoms with Crippen LogP contribution < -0.4 is 15.7 Å². The van der Waals surface area contributed by atoms with Gasteiger partial charge in [0, 0.05) is 18.3 Å². The maximum absolute atomic E-state index is 12.2. The van der Waals surface area contributed by atoms with Crippen molar-refractivity contribution in [2.45, 2.75) is 84.1 Å². The third-order valence-corrected chi connectivity index (χ3v) is 7.30. The van der Waals surface area contributed by atoms with E-state index in [2.05, 4.69) is 20.7 Å². The number of carbonyl (C=O) groups excluding carboxylic acids is 1. The summed E-state index contributed by atoms with van der Waals surface area (Å²) < 4.78 is 29.0. The lowest BCUT2D eigenvalue weighted by atomic mass is 10.0. The number of nitrogens with one attached hydrogen (secondary N) is 3. The Morgan fingerprint density at radius 3 is 2.33 bits per heavy atom. The highest BCUT2D eigenvalue weighted by atomic mass is 31.1. The molecule has 45 heavy (non-hydrogen) atoms. The predicted octanol–water partition coefficient (Wildman–Crippen LogP) is 5.67. The second kappa shape index (κ2) is 17.2. The second-order valence-electron chi connectivity index (χ2n) is 11.3. The molecule has 0 radical (unpaired) electrons. The van der Waals surface area contributed by atoms with Crippen molar-refractivity contribution < 1.29 is 38.7 Å². The molecule has 5 rings (SSSR count). The maximum atomic E-state index is 12.2. The van der Waals surface area contributed by atoms with Crippen molar-refractivity contribution in [3.05, 3.63) is 78.0 Å². The average molecular weight is 644 g/mol. The van der Waals surface area contributed by atoms with Gasteiger partial charge in [-0.1, -0.05) is 35.4 Å². The van der Waals surface area contributed by atoms with E-state index < -0.39 is 26.0 Å². The smallest absolute Gasteiger partial charge is 0.508 e. The minimum atomic E-state index is -2.21. The Morgan fingerprint density at radius 2 is 1.71 bits per heavy atom. The number of anilines is 3. The molecule has 3 unspecified atom stereocenters. The van der Waals surface area contributed by atoms with Crippen LogP contribution in [0.15, 0.2) is 66.9 Å². The summed E-state index contributed by atoms with van der Waals surface area (Å²) in [7, 11) is -2.21. The van der Waals surface area contributed by atoms with Gasteiger partial charge in [0.1, 0.15) is 24.2 Å². The van der Waals surface area contributed by atoms with E-state index in [0.29, 0.717) is 12.3 Å². The number of carbonyl (C=O) groups is 1. The molecule has 4 atom stereocenters. The SMILES string of the molecule is CC(C)(O)O.CC(C)OC(=O)[C@@H](C)N[P+](=O)OCC1CCC(c2ccnc3c2CNc2ccccc2N3)O1.Oc1ccccc1. The van der Waals surface area contributed by atoms with Crippen LogP contribution in [0.1, 0.15) is 64.7 Å². The lowest BCUT2D eigenvalue weighted by molar-refractivity contribution is -0.149. The topological polar surface area (TPSA) is 171 Å². The van der Waals surface area contributed by atoms with Gasteiger partial charge in [-0.05, 0) is 87.9 Å². The van der Waals surface area contributed by atoms with Crippen molar-refractivity contribution in [2.24, 2.45) is 0 Å². The first-order chi connectivity index (χ1) is 21.3. The molecule has 244 valence electrons. The number of ether oxygens (including phenoxy) is 2. The number of rotatable bonds is 8. The molecule has 1 aromatic heterocycles. The number of nitrogens with zero attached hydrogens (tertiary/aromatic N) is 1. The minimum Gasteiger partial charge on any atom is -0.508 e. The van der Waals surface area contributed by atoms with Crippen molar-refractivity contribution in [1.82, 2.24) is 10.1 Å². The predicted molar refractivity (Wildman–Crippen MR) is 172 cm³/mol. The number of benzene rings is 2. The van der Waals surface area contributed by atoms with Gasteiger partial charge in [0.2, 0.25) is 0 Å². The number of hydrogen-bond acceptors (Lipinski definition) is 11. The highest BCUT2D eigenvalue weighted by molar-refractivity contribution is 7.36. The zero-order valence-corrected chi connectivity index (χ0v) is 27.2. The van der Waals surface area contributed by atoms with Gasteiger partial charge in [0.15, 0.2) is 5.79 Å². The van der Waals surface area contributed by atoms with Crippen LogP contribution >= 0.6 is 8.18 Å². The van der Waals surface area contributed by atoms with Crippen LogP contribution in [0, 0.1) is 0 Å². The highest BCUT2D eigenvalue weighted by Gasteiger charge is 2.34. The molecular weight excluding hydrogens is 599 g/mol. The van der Waals surface area contributed by atoms with Gasteiger partial charge in [0.05, 0.1) is 29.7 Å². The molecule has 12 nitrogen and oxygen atoms in total. The molecular formula is C32H44N4O8P+. The first kappa shape index (κ1) is 35.8. The van der Waals surface area contributed by atoms with Gasteiger partial charge in [-0.25, -0.2) is 4.98 Å². The number of phenols is 1. The maximum Gasteiger partial charge on any atom is 0.613 e. The average Bonchev–Trinajstić information content (AvgIpc) is 3.35. The fourth-order valence-electron chi connectivity index (χ4n) is 4.38. The Hall–Kier alpha value is -3.64. The van der Waals surface area contributed by atoms with Crippen LogP contribution in [-0.4, -0.2) is 56.9 Å². The summed E-state index contributed by atoms with van der Waals surface area (Å²) in [5.74, 6) is -0.817. The fraction of sp³-hybridized carbons (Fsp3) is 0.438. The van der Waals surface area contributed by atoms with E-state index in [4.69, 9.17) is 29.3 Å². The van der Waals surface area contributed by atoms with Crippen LogP contribution in [0.4, 0.5) is 17.2 Å². The molecule has 2 aromatic carbocycles. The molecule has 0 spiro atoms. The van der Waals surface area contributed by atoms with E-state index in [9.17, 15) is 9.36 Å². The molecule has 2 aliphatic rings. The number of esters is 1. The lowest BCUT2D eigenvalue weighted by Crippen LogP contribution is -2.33. The van der Waals surface area contributed by atoms with E-state index in [1.807, 2.05) is 36.4 Å². The number of aromatic hydroxyl groups is 1. The van der Waals surface area contributed by atoms with Crippen molar-refractivity contribution in [2.75, 3.05) is 17.2 Å². The van der Waals surface area contributed by atoms with Crippen LogP contribution in [0.25, 0.3) is 0 Å². The molecule has 1 fully saturated rings. The Morgan fingerprint density at radius 1 is 1.07 bits per heavy atom. The van der Waals surface area contributed by atoms with Crippen LogP contribution in [0.3, 0.4) is 0 Å². The van der Waals surface area contributed by atoms with Crippen molar-refractivity contribution in [3.63, 3.8) is 0 Å². The molecule has 0 aliphatic carbocycles. The fourth-order valence-corrected chi connectivity index (χ4v) is 5.18. The number of phenolic OH excluding ortho intramolecular Hbond substituents is 1. The molecule has 0 amide bonds. The zero-order valence-electron chi connectivity index (χ0n) is 26.3.